The van der Waals surface area contributed by atoms with Crippen LogP contribution in [0.4, 0.5) is 0 Å². The van der Waals surface area contributed by atoms with Crippen molar-refractivity contribution in [1.82, 2.24) is 0 Å². The van der Waals surface area contributed by atoms with Crippen molar-refractivity contribution in [2.24, 2.45) is 0 Å². The predicted octanol–water partition coefficient (Wildman–Crippen LogP) is 1.82. The van der Waals surface area contributed by atoms with Crippen molar-refractivity contribution in [1.29, 1.82) is 0 Å². The number of carboxylic acids is 1. The molecule has 1 N–H and O–H groups in total. The van der Waals surface area contributed by atoms with Crippen molar-refractivity contribution < 1.29 is 14.7 Å². The molecule has 0 amide bonds. The fourth-order valence-electron chi connectivity index (χ4n) is 1.22. The summed E-state index contributed by atoms with van der Waals surface area (Å²) in [5.74, 6) is -0.736. The number of carbonyl (C=O) groups excluding carboxylic acids is 1. The first kappa shape index (κ1) is 11.9. The molecule has 0 aliphatic heterocycles. The van der Waals surface area contributed by atoms with Gasteiger partial charge in [-0.2, -0.15) is 0 Å². The number of benzene rings is 1. The third-order valence-electron chi connectivity index (χ3n) is 1.93. The molecule has 4 heteroatoms. The molecule has 0 saturated heterocycles. The summed E-state index contributed by atoms with van der Waals surface area (Å²) < 4.78 is 0. The molecule has 0 unspecified atom stereocenters. The Kier molecular flexibility index (Phi) is 4.49. The van der Waals surface area contributed by atoms with Gasteiger partial charge in [-0.05, 0) is 11.1 Å². The van der Waals surface area contributed by atoms with Crippen LogP contribution in [0.3, 0.4) is 0 Å². The van der Waals surface area contributed by atoms with Crippen molar-refractivity contribution in [3.63, 3.8) is 0 Å². The van der Waals surface area contributed by atoms with Gasteiger partial charge in [-0.25, -0.2) is 0 Å². The Labute approximate surface area is 96.2 Å². The minimum Gasteiger partial charge on any atom is -0.481 e. The summed E-state index contributed by atoms with van der Waals surface area (Å²) in [5, 5.41) is 8.91. The Balaban J connectivity index is 2.64. The van der Waals surface area contributed by atoms with E-state index in [1.165, 1.54) is 0 Å². The highest BCUT2D eigenvalue weighted by atomic mass is 79.9. The van der Waals surface area contributed by atoms with Crippen molar-refractivity contribution in [3.8, 4) is 0 Å². The summed E-state index contributed by atoms with van der Waals surface area (Å²) in [7, 11) is 0. The number of carboxylic acid groups (broad SMARTS) is 1. The van der Waals surface area contributed by atoms with Crippen LogP contribution in [0.25, 0.3) is 0 Å². The van der Waals surface area contributed by atoms with Gasteiger partial charge >= 0.3 is 5.97 Å². The highest BCUT2D eigenvalue weighted by molar-refractivity contribution is 9.09. The molecule has 3 nitrogen and oxygen atoms in total. The van der Waals surface area contributed by atoms with Gasteiger partial charge in [0.1, 0.15) is 5.78 Å². The summed E-state index contributed by atoms with van der Waals surface area (Å²) in [6, 6.07) is 7.06. The quantitative estimate of drug-likeness (QED) is 0.831. The zero-order chi connectivity index (χ0) is 11.3. The minimum absolute atomic E-state index is 0.0205. The predicted molar refractivity (Wildman–Crippen MR) is 60.3 cm³/mol. The van der Waals surface area contributed by atoms with Crippen molar-refractivity contribution in [2.45, 2.75) is 12.8 Å². The van der Waals surface area contributed by atoms with E-state index in [4.69, 9.17) is 5.11 Å². The molecule has 80 valence electrons. The van der Waals surface area contributed by atoms with Gasteiger partial charge in [0.2, 0.25) is 0 Å². The van der Waals surface area contributed by atoms with Crippen LogP contribution >= 0.6 is 15.9 Å². The Morgan fingerprint density at radius 3 is 1.93 bits per heavy atom. The molecular formula is C11H11BrO3. The largest absolute Gasteiger partial charge is 0.481 e. The summed E-state index contributed by atoms with van der Waals surface area (Å²) >= 11 is 3.09. The molecule has 1 aromatic rings. The molecular weight excluding hydrogens is 260 g/mol. The van der Waals surface area contributed by atoms with E-state index in [9.17, 15) is 9.59 Å². The molecule has 1 rings (SSSR count). The van der Waals surface area contributed by atoms with Crippen LogP contribution in [0, 0.1) is 0 Å². The molecule has 0 saturated carbocycles. The Hall–Kier alpha value is -1.16. The number of rotatable bonds is 5. The first-order valence-corrected chi connectivity index (χ1v) is 5.61. The third kappa shape index (κ3) is 4.25. The molecule has 15 heavy (non-hydrogen) atoms. The molecule has 0 spiro atoms. The van der Waals surface area contributed by atoms with Crippen LogP contribution in [-0.4, -0.2) is 22.2 Å². The summed E-state index contributed by atoms with van der Waals surface area (Å²) in [6.45, 7) is 0. The number of ketones is 1. The fraction of sp³-hybridized carbons (Fsp3) is 0.273. The van der Waals surface area contributed by atoms with Gasteiger partial charge in [-0.3, -0.25) is 9.59 Å². The van der Waals surface area contributed by atoms with E-state index in [0.717, 1.165) is 11.1 Å². The van der Waals surface area contributed by atoms with E-state index >= 15 is 0 Å². The number of Topliss-reactive ketones (excluding diaryl/α,β-unsaturated/α-hetero) is 1. The lowest BCUT2D eigenvalue weighted by atomic mass is 10.1. The average Bonchev–Trinajstić information content (AvgIpc) is 2.20. The maximum atomic E-state index is 11.1. The summed E-state index contributed by atoms with van der Waals surface area (Å²) in [6.07, 6.45) is 0.408. The van der Waals surface area contributed by atoms with Crippen LogP contribution in [0.5, 0.6) is 0 Å². The Bertz CT molecular complexity index is 357. The highest BCUT2D eigenvalue weighted by Gasteiger charge is 2.03. The number of hydrogen-bond donors (Lipinski definition) is 1. The van der Waals surface area contributed by atoms with E-state index < -0.39 is 5.97 Å². The third-order valence-corrected chi connectivity index (χ3v) is 2.55. The molecule has 0 aromatic heterocycles. The smallest absolute Gasteiger partial charge is 0.307 e. The lowest BCUT2D eigenvalue weighted by Crippen LogP contribution is -2.04. The molecule has 0 radical (unpaired) electrons. The number of hydrogen-bond acceptors (Lipinski definition) is 2. The maximum Gasteiger partial charge on any atom is 0.307 e. The molecule has 0 aliphatic carbocycles. The van der Waals surface area contributed by atoms with Gasteiger partial charge in [-0.1, -0.05) is 40.2 Å². The van der Waals surface area contributed by atoms with Crippen molar-refractivity contribution in [3.05, 3.63) is 35.4 Å². The number of aliphatic carboxylic acids is 1. The lowest BCUT2D eigenvalue weighted by molar-refractivity contribution is -0.136. The number of carbonyl (C=O) groups is 2. The summed E-state index contributed by atoms with van der Waals surface area (Å²) in [5.41, 5.74) is 1.66. The van der Waals surface area contributed by atoms with Crippen LogP contribution in [0.2, 0.25) is 0 Å². The Morgan fingerprint density at radius 2 is 1.53 bits per heavy atom. The molecule has 0 aliphatic rings. The van der Waals surface area contributed by atoms with E-state index in [0.29, 0.717) is 11.8 Å². The monoisotopic (exact) mass is 270 g/mol. The zero-order valence-corrected chi connectivity index (χ0v) is 9.66. The zero-order valence-electron chi connectivity index (χ0n) is 8.07. The second-order valence-corrected chi connectivity index (χ2v) is 3.80. The normalized spacial score (nSPS) is 9.93. The Morgan fingerprint density at radius 1 is 1.07 bits per heavy atom. The number of alkyl halides is 1. The molecule has 0 bridgehead atoms. The van der Waals surface area contributed by atoms with E-state index in [1.54, 1.807) is 24.3 Å². The second kappa shape index (κ2) is 5.66. The van der Waals surface area contributed by atoms with E-state index in [-0.39, 0.29) is 12.2 Å². The lowest BCUT2D eigenvalue weighted by Gasteiger charge is -2.00. The van der Waals surface area contributed by atoms with E-state index in [1.807, 2.05) is 0 Å². The van der Waals surface area contributed by atoms with Crippen LogP contribution < -0.4 is 0 Å². The highest BCUT2D eigenvalue weighted by Crippen LogP contribution is 2.07. The standard InChI is InChI=1S/C11H11BrO3/c12-7-10(13)5-8-1-3-9(4-2-8)6-11(14)15/h1-4H,5-7H2,(H,14,15). The second-order valence-electron chi connectivity index (χ2n) is 3.24. The average molecular weight is 271 g/mol. The van der Waals surface area contributed by atoms with Gasteiger partial charge in [0.25, 0.3) is 0 Å². The first-order valence-electron chi connectivity index (χ1n) is 4.49. The number of halogens is 1. The van der Waals surface area contributed by atoms with Crippen LogP contribution in [-0.2, 0) is 22.4 Å². The van der Waals surface area contributed by atoms with Gasteiger partial charge in [0.05, 0.1) is 11.8 Å². The van der Waals surface area contributed by atoms with Gasteiger partial charge in [-0.15, -0.1) is 0 Å². The topological polar surface area (TPSA) is 54.4 Å². The van der Waals surface area contributed by atoms with Crippen LogP contribution in [0.1, 0.15) is 11.1 Å². The molecule has 0 fully saturated rings. The van der Waals surface area contributed by atoms with Gasteiger partial charge in [0.15, 0.2) is 0 Å². The minimum atomic E-state index is -0.848. The molecule has 0 atom stereocenters. The maximum absolute atomic E-state index is 11.1. The van der Waals surface area contributed by atoms with Crippen molar-refractivity contribution in [2.75, 3.05) is 5.33 Å². The van der Waals surface area contributed by atoms with Crippen LogP contribution in [0.15, 0.2) is 24.3 Å². The first-order chi connectivity index (χ1) is 7.11. The SMILES string of the molecule is O=C(O)Cc1ccc(CC(=O)CBr)cc1. The van der Waals surface area contributed by atoms with Gasteiger partial charge in [0, 0.05) is 6.42 Å². The van der Waals surface area contributed by atoms with Crippen molar-refractivity contribution >= 4 is 27.7 Å². The molecule has 0 heterocycles. The summed E-state index contributed by atoms with van der Waals surface area (Å²) in [4.78, 5) is 21.5. The molecule has 1 aromatic carbocycles. The fourth-order valence-corrected chi connectivity index (χ4v) is 1.42. The van der Waals surface area contributed by atoms with E-state index in [2.05, 4.69) is 15.9 Å². The van der Waals surface area contributed by atoms with Gasteiger partial charge < -0.3 is 5.11 Å².